The van der Waals surface area contributed by atoms with Crippen molar-refractivity contribution in [3.8, 4) is 5.75 Å². The fourth-order valence-corrected chi connectivity index (χ4v) is 5.71. The van der Waals surface area contributed by atoms with E-state index >= 15 is 0 Å². The van der Waals surface area contributed by atoms with Gasteiger partial charge in [0.2, 0.25) is 11.8 Å². The number of rotatable bonds is 24. The Balaban J connectivity index is 1.55. The van der Waals surface area contributed by atoms with E-state index in [1.54, 1.807) is 0 Å². The van der Waals surface area contributed by atoms with Crippen LogP contribution in [0.25, 0.3) is 0 Å². The summed E-state index contributed by atoms with van der Waals surface area (Å²) >= 11 is 0. The maximum absolute atomic E-state index is 12.9. The van der Waals surface area contributed by atoms with Crippen LogP contribution in [0.3, 0.4) is 0 Å². The van der Waals surface area contributed by atoms with Gasteiger partial charge < -0.3 is 15.4 Å². The Morgan fingerprint density at radius 1 is 0.841 bits per heavy atom. The normalized spacial score (nSPS) is 13.2. The number of hydrogen-bond acceptors (Lipinski definition) is 5. The molecule has 0 spiro atoms. The van der Waals surface area contributed by atoms with Crippen LogP contribution in [0.15, 0.2) is 24.3 Å². The van der Waals surface area contributed by atoms with E-state index in [0.29, 0.717) is 38.3 Å². The highest BCUT2D eigenvalue weighted by atomic mass is 16.5. The van der Waals surface area contributed by atoms with E-state index in [1.807, 2.05) is 38.1 Å². The molecule has 3 N–H and O–H groups in total. The van der Waals surface area contributed by atoms with E-state index in [2.05, 4.69) is 23.0 Å². The quantitative estimate of drug-likeness (QED) is 0.0816. The first-order valence-corrected chi connectivity index (χ1v) is 17.7. The van der Waals surface area contributed by atoms with Crippen LogP contribution in [0.5, 0.6) is 5.75 Å². The molecule has 0 bridgehead atoms. The zero-order chi connectivity index (χ0) is 31.8. The third-order valence-corrected chi connectivity index (χ3v) is 8.33. The molecule has 1 aromatic rings. The predicted molar refractivity (Wildman–Crippen MR) is 180 cm³/mol. The van der Waals surface area contributed by atoms with E-state index in [0.717, 1.165) is 30.8 Å². The van der Waals surface area contributed by atoms with Gasteiger partial charge in [0.1, 0.15) is 5.75 Å². The molecule has 0 heterocycles. The summed E-state index contributed by atoms with van der Waals surface area (Å²) < 4.78 is 5.80. The van der Waals surface area contributed by atoms with E-state index in [1.165, 1.54) is 88.5 Å². The number of anilines is 1. The Labute approximate surface area is 267 Å². The monoisotopic (exact) mass is 614 g/mol. The number of amides is 3. The molecule has 0 aliphatic heterocycles. The van der Waals surface area contributed by atoms with Gasteiger partial charge in [-0.15, -0.1) is 0 Å². The van der Waals surface area contributed by atoms with E-state index in [9.17, 15) is 14.4 Å². The molecule has 250 valence electrons. The van der Waals surface area contributed by atoms with Crippen LogP contribution in [0, 0.1) is 11.8 Å². The number of hydrazine groups is 1. The number of hydrogen-bond donors (Lipinski definition) is 3. The Morgan fingerprint density at radius 3 is 2.11 bits per heavy atom. The molecular weight excluding hydrogens is 552 g/mol. The summed E-state index contributed by atoms with van der Waals surface area (Å²) in [5.74, 6) is 1.45. The minimum atomic E-state index is -0.167. The lowest BCUT2D eigenvalue weighted by atomic mass is 10.0. The van der Waals surface area contributed by atoms with Crippen molar-refractivity contribution in [2.45, 2.75) is 136 Å². The average Bonchev–Trinajstić information content (AvgIpc) is 3.54. The van der Waals surface area contributed by atoms with Gasteiger partial charge in [-0.3, -0.25) is 24.8 Å². The van der Waals surface area contributed by atoms with Crippen LogP contribution < -0.4 is 20.8 Å². The second-order valence-corrected chi connectivity index (χ2v) is 13.0. The summed E-state index contributed by atoms with van der Waals surface area (Å²) in [7, 11) is 0. The van der Waals surface area contributed by atoms with Crippen molar-refractivity contribution in [1.29, 1.82) is 0 Å². The molecule has 8 nitrogen and oxygen atoms in total. The molecule has 1 aliphatic carbocycles. The number of nitrogens with zero attached hydrogens (tertiary/aromatic N) is 1. The number of nitrogens with one attached hydrogen (secondary N) is 3. The van der Waals surface area contributed by atoms with E-state index in [-0.39, 0.29) is 30.2 Å². The molecule has 0 aromatic heterocycles. The molecule has 0 radical (unpaired) electrons. The molecule has 0 unspecified atom stereocenters. The molecule has 0 saturated heterocycles. The summed E-state index contributed by atoms with van der Waals surface area (Å²) in [5, 5.41) is 7.64. The minimum absolute atomic E-state index is 0.0843. The number of unbranched alkanes of at least 4 members (excludes halogenated alkanes) is 9. The lowest BCUT2D eigenvalue weighted by Gasteiger charge is -2.25. The molecule has 1 aromatic carbocycles. The van der Waals surface area contributed by atoms with Crippen molar-refractivity contribution in [2.24, 2.45) is 11.8 Å². The Kier molecular flexibility index (Phi) is 20.1. The minimum Gasteiger partial charge on any atom is -0.494 e. The lowest BCUT2D eigenvalue weighted by Crippen LogP contribution is -2.49. The molecule has 8 heteroatoms. The first kappa shape index (κ1) is 37.4. The number of carbonyl (C=O) groups excluding carboxylic acids is 3. The Hall–Kier alpha value is -2.77. The van der Waals surface area contributed by atoms with Crippen molar-refractivity contribution in [2.75, 3.05) is 31.6 Å². The second kappa shape index (κ2) is 23.6. The molecular formula is C36H62N4O4. The number of carbonyl (C=O) groups is 3. The maximum atomic E-state index is 12.9. The highest BCUT2D eigenvalue weighted by molar-refractivity contribution is 5.84. The van der Waals surface area contributed by atoms with Crippen molar-refractivity contribution in [3.63, 3.8) is 0 Å². The van der Waals surface area contributed by atoms with E-state index in [4.69, 9.17) is 4.74 Å². The third-order valence-electron chi connectivity index (χ3n) is 8.33. The van der Waals surface area contributed by atoms with Gasteiger partial charge in [-0.05, 0) is 55.4 Å². The van der Waals surface area contributed by atoms with Gasteiger partial charge in [-0.1, -0.05) is 104 Å². The van der Waals surface area contributed by atoms with Crippen molar-refractivity contribution in [3.05, 3.63) is 24.3 Å². The van der Waals surface area contributed by atoms with Crippen LogP contribution in [-0.4, -0.2) is 49.0 Å². The summed E-state index contributed by atoms with van der Waals surface area (Å²) in [6.07, 6.45) is 20.4. The van der Waals surface area contributed by atoms with Gasteiger partial charge in [0.25, 0.3) is 5.91 Å². The van der Waals surface area contributed by atoms with Gasteiger partial charge in [0.05, 0.1) is 13.2 Å². The zero-order valence-corrected chi connectivity index (χ0v) is 28.1. The van der Waals surface area contributed by atoms with Crippen molar-refractivity contribution >= 4 is 23.4 Å². The van der Waals surface area contributed by atoms with Gasteiger partial charge in [-0.25, -0.2) is 0 Å². The van der Waals surface area contributed by atoms with Crippen LogP contribution >= 0.6 is 0 Å². The van der Waals surface area contributed by atoms with Crippen LogP contribution in [0.4, 0.5) is 5.69 Å². The first-order chi connectivity index (χ1) is 21.4. The molecule has 1 fully saturated rings. The molecule has 2 rings (SSSR count). The lowest BCUT2D eigenvalue weighted by molar-refractivity contribution is -0.140. The first-order valence-electron chi connectivity index (χ1n) is 17.7. The fourth-order valence-electron chi connectivity index (χ4n) is 5.71. The van der Waals surface area contributed by atoms with Crippen molar-refractivity contribution < 1.29 is 19.1 Å². The average molecular weight is 615 g/mol. The largest absolute Gasteiger partial charge is 0.494 e. The third kappa shape index (κ3) is 18.1. The van der Waals surface area contributed by atoms with Crippen LogP contribution in [-0.2, 0) is 14.4 Å². The predicted octanol–water partition coefficient (Wildman–Crippen LogP) is 7.78. The fraction of sp³-hybridized carbons (Fsp3) is 0.750. The standard InChI is InChI=1S/C36H62N4O4/c1-4-5-6-7-8-9-10-11-12-15-26-37-34(41)19-16-27-44-33-23-21-32(22-24-33)38-28-36(43)40(29-30(2)3)39-35(42)25-20-31-17-13-14-18-31/h21-24,30-31,38H,4-20,25-29H2,1-3H3,(H,37,41)(H,39,42). The maximum Gasteiger partial charge on any atom is 0.260 e. The number of benzene rings is 1. The van der Waals surface area contributed by atoms with Gasteiger partial charge >= 0.3 is 0 Å². The summed E-state index contributed by atoms with van der Waals surface area (Å²) in [6, 6.07) is 7.45. The zero-order valence-electron chi connectivity index (χ0n) is 28.1. The van der Waals surface area contributed by atoms with E-state index < -0.39 is 0 Å². The summed E-state index contributed by atoms with van der Waals surface area (Å²) in [6.45, 7) is 8.11. The van der Waals surface area contributed by atoms with Gasteiger partial charge in [0.15, 0.2) is 0 Å². The Bertz CT molecular complexity index is 915. The van der Waals surface area contributed by atoms with Crippen LogP contribution in [0.2, 0.25) is 0 Å². The molecule has 44 heavy (non-hydrogen) atoms. The Morgan fingerprint density at radius 2 is 1.48 bits per heavy atom. The highest BCUT2D eigenvalue weighted by Gasteiger charge is 2.20. The molecule has 3 amide bonds. The van der Waals surface area contributed by atoms with Crippen LogP contribution in [0.1, 0.15) is 136 Å². The summed E-state index contributed by atoms with van der Waals surface area (Å²) in [4.78, 5) is 37.5. The second-order valence-electron chi connectivity index (χ2n) is 13.0. The van der Waals surface area contributed by atoms with Crippen molar-refractivity contribution in [1.82, 2.24) is 15.8 Å². The highest BCUT2D eigenvalue weighted by Crippen LogP contribution is 2.28. The van der Waals surface area contributed by atoms with Gasteiger partial charge in [-0.2, -0.15) is 0 Å². The SMILES string of the molecule is CCCCCCCCCCCCNC(=O)CCCOc1ccc(NCC(=O)N(CC(C)C)NC(=O)CCC2CCCC2)cc1. The number of ether oxygens (including phenoxy) is 1. The molecule has 0 atom stereocenters. The summed E-state index contributed by atoms with van der Waals surface area (Å²) in [5.41, 5.74) is 3.64. The molecule has 1 aliphatic rings. The molecule has 1 saturated carbocycles. The van der Waals surface area contributed by atoms with Gasteiger partial charge in [0, 0.05) is 31.6 Å². The smallest absolute Gasteiger partial charge is 0.260 e. The topological polar surface area (TPSA) is 99.8 Å².